The van der Waals surface area contributed by atoms with E-state index in [1.54, 1.807) is 0 Å². The highest BCUT2D eigenvalue weighted by atomic mass is 16.7. The van der Waals surface area contributed by atoms with Crippen LogP contribution < -0.4 is 0 Å². The maximum Gasteiger partial charge on any atom is 0.371 e. The minimum Gasteiger partial charge on any atom is -0.493 e. The molecule has 0 heterocycles. The van der Waals surface area contributed by atoms with Crippen molar-refractivity contribution in [3.05, 3.63) is 43.9 Å². The number of hydrogen-bond acceptors (Lipinski definition) is 7. The van der Waals surface area contributed by atoms with Crippen molar-refractivity contribution in [2.75, 3.05) is 21.3 Å². The van der Waals surface area contributed by atoms with Crippen LogP contribution in [-0.4, -0.2) is 42.9 Å². The van der Waals surface area contributed by atoms with Crippen molar-refractivity contribution in [2.45, 2.75) is 11.8 Å². The number of nitrogens with zero attached hydrogens (tertiary/aromatic N) is 2. The minimum atomic E-state index is -2.02. The molecule has 0 spiro atoms. The largest absolute Gasteiger partial charge is 0.493 e. The second-order valence-corrected chi connectivity index (χ2v) is 3.40. The summed E-state index contributed by atoms with van der Waals surface area (Å²) < 4.78 is 14.4. The molecule has 9 heteroatoms. The van der Waals surface area contributed by atoms with Crippen molar-refractivity contribution in [2.24, 2.45) is 0 Å². The molecule has 0 amide bonds. The Bertz CT molecular complexity index is 407. The maximum atomic E-state index is 11.0. The summed E-state index contributed by atoms with van der Waals surface area (Å²) in [6, 6.07) is -1.41. The van der Waals surface area contributed by atoms with Gasteiger partial charge in [-0.25, -0.2) is 0 Å². The molecule has 9 nitrogen and oxygen atoms in total. The van der Waals surface area contributed by atoms with Crippen LogP contribution in [0.3, 0.4) is 0 Å². The standard InChI is InChI=1S/C9H12N2O7/c1-16-6-4-9(18-3,11(14)15)5-7(17-2)8(6)10(12)13/h4-5,8H,1-3H3. The fourth-order valence-electron chi connectivity index (χ4n) is 1.59. The zero-order valence-corrected chi connectivity index (χ0v) is 9.98. The minimum absolute atomic E-state index is 0.210. The van der Waals surface area contributed by atoms with Crippen molar-refractivity contribution in [3.8, 4) is 0 Å². The molecule has 0 bridgehead atoms. The predicted octanol–water partition coefficient (Wildman–Crippen LogP) is 0.325. The third-order valence-electron chi connectivity index (χ3n) is 2.53. The van der Waals surface area contributed by atoms with Gasteiger partial charge in [-0.15, -0.1) is 0 Å². The van der Waals surface area contributed by atoms with Crippen LogP contribution in [0.4, 0.5) is 0 Å². The first-order valence-electron chi connectivity index (χ1n) is 4.78. The third kappa shape index (κ3) is 2.12. The van der Waals surface area contributed by atoms with Crippen LogP contribution in [0.15, 0.2) is 23.7 Å². The molecule has 0 N–H and O–H groups in total. The summed E-state index contributed by atoms with van der Waals surface area (Å²) in [5.74, 6) is -0.421. The molecule has 0 saturated heterocycles. The second kappa shape index (κ2) is 5.00. The molecule has 0 radical (unpaired) electrons. The number of rotatable bonds is 5. The Morgan fingerprint density at radius 1 is 1.11 bits per heavy atom. The molecule has 1 aliphatic rings. The van der Waals surface area contributed by atoms with Gasteiger partial charge in [0.25, 0.3) is 0 Å². The Morgan fingerprint density at radius 3 is 1.78 bits per heavy atom. The molecule has 18 heavy (non-hydrogen) atoms. The first kappa shape index (κ1) is 13.9. The van der Waals surface area contributed by atoms with E-state index in [0.29, 0.717) is 0 Å². The average Bonchev–Trinajstić information content (AvgIpc) is 2.36. The highest BCUT2D eigenvalue weighted by Gasteiger charge is 2.50. The molecule has 0 saturated carbocycles. The summed E-state index contributed by atoms with van der Waals surface area (Å²) in [4.78, 5) is 20.5. The molecule has 0 aromatic carbocycles. The van der Waals surface area contributed by atoms with Crippen LogP contribution in [0.2, 0.25) is 0 Å². The zero-order valence-electron chi connectivity index (χ0n) is 9.98. The molecule has 0 unspecified atom stereocenters. The summed E-state index contributed by atoms with van der Waals surface area (Å²) in [6.45, 7) is 0. The van der Waals surface area contributed by atoms with E-state index >= 15 is 0 Å². The Morgan fingerprint density at radius 2 is 1.56 bits per heavy atom. The Hall–Kier alpha value is -2.16. The summed E-state index contributed by atoms with van der Waals surface area (Å²) in [5.41, 5.74) is -2.02. The van der Waals surface area contributed by atoms with Gasteiger partial charge in [0.1, 0.15) is 0 Å². The van der Waals surface area contributed by atoms with E-state index in [2.05, 4.69) is 0 Å². The molecule has 0 aliphatic heterocycles. The van der Waals surface area contributed by atoms with Gasteiger partial charge >= 0.3 is 11.8 Å². The van der Waals surface area contributed by atoms with Crippen LogP contribution in [0, 0.1) is 20.2 Å². The molecule has 0 fully saturated rings. The van der Waals surface area contributed by atoms with Crippen molar-refractivity contribution < 1.29 is 24.1 Å². The van der Waals surface area contributed by atoms with Crippen LogP contribution in [0.5, 0.6) is 0 Å². The maximum absolute atomic E-state index is 11.0. The first-order chi connectivity index (χ1) is 8.41. The smallest absolute Gasteiger partial charge is 0.371 e. The van der Waals surface area contributed by atoms with Crippen molar-refractivity contribution in [3.63, 3.8) is 0 Å². The van der Waals surface area contributed by atoms with Gasteiger partial charge in [0, 0.05) is 12.0 Å². The van der Waals surface area contributed by atoms with E-state index in [9.17, 15) is 20.2 Å². The van der Waals surface area contributed by atoms with Gasteiger partial charge in [-0.05, 0) is 0 Å². The summed E-state index contributed by atoms with van der Waals surface area (Å²) in [6.07, 6.45) is 1.89. The number of ether oxygens (including phenoxy) is 3. The monoisotopic (exact) mass is 260 g/mol. The summed E-state index contributed by atoms with van der Waals surface area (Å²) >= 11 is 0. The quantitative estimate of drug-likeness (QED) is 0.397. The zero-order chi connectivity index (χ0) is 13.9. The van der Waals surface area contributed by atoms with E-state index in [4.69, 9.17) is 14.2 Å². The van der Waals surface area contributed by atoms with E-state index in [1.807, 2.05) is 0 Å². The van der Waals surface area contributed by atoms with Crippen molar-refractivity contribution in [1.29, 1.82) is 0 Å². The molecule has 0 atom stereocenters. The van der Waals surface area contributed by atoms with Gasteiger partial charge in [-0.2, -0.15) is 0 Å². The van der Waals surface area contributed by atoms with Gasteiger partial charge in [-0.1, -0.05) is 0 Å². The van der Waals surface area contributed by atoms with Crippen LogP contribution in [0.25, 0.3) is 0 Å². The van der Waals surface area contributed by atoms with E-state index in [1.165, 1.54) is 14.2 Å². The molecule has 1 rings (SSSR count). The van der Waals surface area contributed by atoms with Crippen molar-refractivity contribution in [1.82, 2.24) is 0 Å². The number of hydrogen-bond donors (Lipinski definition) is 0. The molecule has 0 aromatic rings. The molecule has 0 aromatic heterocycles. The molecule has 1 aliphatic carbocycles. The number of methoxy groups -OCH3 is 3. The normalized spacial score (nSPS) is 26.9. The van der Waals surface area contributed by atoms with Gasteiger partial charge in [0.05, 0.1) is 31.3 Å². The Kier molecular flexibility index (Phi) is 3.86. The summed E-state index contributed by atoms with van der Waals surface area (Å²) in [7, 11) is 3.48. The van der Waals surface area contributed by atoms with E-state index in [0.717, 1.165) is 19.3 Å². The van der Waals surface area contributed by atoms with Crippen molar-refractivity contribution >= 4 is 0 Å². The average molecular weight is 260 g/mol. The van der Waals surface area contributed by atoms with Crippen LogP contribution in [0.1, 0.15) is 0 Å². The molecular formula is C9H12N2O7. The number of nitro groups is 2. The van der Waals surface area contributed by atoms with Crippen LogP contribution in [-0.2, 0) is 14.2 Å². The topological polar surface area (TPSA) is 114 Å². The lowest BCUT2D eigenvalue weighted by atomic mass is 10.0. The third-order valence-corrected chi connectivity index (χ3v) is 2.53. The van der Waals surface area contributed by atoms with Gasteiger partial charge < -0.3 is 14.2 Å². The summed E-state index contributed by atoms with van der Waals surface area (Å²) in [5, 5.41) is 21.9. The van der Waals surface area contributed by atoms with Gasteiger partial charge in [0.15, 0.2) is 11.5 Å². The van der Waals surface area contributed by atoms with E-state index in [-0.39, 0.29) is 11.5 Å². The highest BCUT2D eigenvalue weighted by molar-refractivity contribution is 5.28. The second-order valence-electron chi connectivity index (χ2n) is 3.40. The van der Waals surface area contributed by atoms with Gasteiger partial charge in [-0.3, -0.25) is 20.2 Å². The van der Waals surface area contributed by atoms with Crippen LogP contribution >= 0.6 is 0 Å². The first-order valence-corrected chi connectivity index (χ1v) is 4.78. The lowest BCUT2D eigenvalue weighted by Gasteiger charge is -2.25. The highest BCUT2D eigenvalue weighted by Crippen LogP contribution is 2.31. The lowest BCUT2D eigenvalue weighted by molar-refractivity contribution is -0.597. The predicted molar refractivity (Wildman–Crippen MR) is 57.7 cm³/mol. The Labute approximate surface area is 102 Å². The Balaban J connectivity index is 3.37. The SMILES string of the molecule is COC1=CC(OC)([N+](=O)[O-])C=C(OC)C1[N+](=O)[O-]. The van der Waals surface area contributed by atoms with Gasteiger partial charge in [0.2, 0.25) is 0 Å². The lowest BCUT2D eigenvalue weighted by Crippen LogP contribution is -2.43. The fourth-order valence-corrected chi connectivity index (χ4v) is 1.59. The molecule has 100 valence electrons. The van der Waals surface area contributed by atoms with E-state index < -0.39 is 21.6 Å². The fraction of sp³-hybridized carbons (Fsp3) is 0.556. The molecular weight excluding hydrogens is 248 g/mol.